The van der Waals surface area contributed by atoms with Gasteiger partial charge in [-0.3, -0.25) is 10.1 Å². The number of nitro groups is 1. The van der Waals surface area contributed by atoms with Crippen molar-refractivity contribution in [3.05, 3.63) is 57.8 Å². The molecule has 1 heterocycles. The number of aromatic nitrogens is 1. The van der Waals surface area contributed by atoms with E-state index in [0.717, 1.165) is 17.8 Å². The van der Waals surface area contributed by atoms with Gasteiger partial charge in [-0.05, 0) is 17.7 Å². The lowest BCUT2D eigenvalue weighted by molar-refractivity contribution is -0.385. The third-order valence-corrected chi connectivity index (χ3v) is 2.49. The van der Waals surface area contributed by atoms with Gasteiger partial charge in [-0.1, -0.05) is 12.1 Å². The first-order valence-corrected chi connectivity index (χ1v) is 5.56. The molecule has 0 atom stereocenters. The predicted molar refractivity (Wildman–Crippen MR) is 68.0 cm³/mol. The van der Waals surface area contributed by atoms with E-state index in [1.54, 1.807) is 30.3 Å². The Morgan fingerprint density at radius 3 is 2.65 bits per heavy atom. The van der Waals surface area contributed by atoms with E-state index in [2.05, 4.69) is 4.98 Å². The molecule has 0 unspecified atom stereocenters. The second-order valence-electron chi connectivity index (χ2n) is 3.82. The first-order valence-electron chi connectivity index (χ1n) is 5.56. The summed E-state index contributed by atoms with van der Waals surface area (Å²) in [6.07, 6.45) is 1.03. The minimum Gasteiger partial charge on any atom is -0.438 e. The largest absolute Gasteiger partial charge is 0.438 e. The number of aliphatic hydroxyl groups is 1. The summed E-state index contributed by atoms with van der Waals surface area (Å²) in [7, 11) is 0. The molecule has 1 aromatic carbocycles. The van der Waals surface area contributed by atoms with E-state index >= 15 is 0 Å². The highest BCUT2D eigenvalue weighted by atomic mass is 16.6. The van der Waals surface area contributed by atoms with Crippen LogP contribution in [0, 0.1) is 21.4 Å². The van der Waals surface area contributed by atoms with Crippen LogP contribution in [0.5, 0.6) is 11.6 Å². The van der Waals surface area contributed by atoms with Crippen LogP contribution in [0.4, 0.5) is 5.69 Å². The maximum atomic E-state index is 10.6. The minimum absolute atomic E-state index is 0.00477. The summed E-state index contributed by atoms with van der Waals surface area (Å²) >= 11 is 0. The van der Waals surface area contributed by atoms with Crippen molar-refractivity contribution in [1.82, 2.24) is 4.98 Å². The Bertz CT molecular complexity index is 677. The third-order valence-electron chi connectivity index (χ3n) is 2.49. The number of benzene rings is 1. The Morgan fingerprint density at radius 1 is 1.40 bits per heavy atom. The first-order chi connectivity index (χ1) is 9.63. The van der Waals surface area contributed by atoms with Crippen LogP contribution in [-0.2, 0) is 6.61 Å². The van der Waals surface area contributed by atoms with Crippen LogP contribution >= 0.6 is 0 Å². The Morgan fingerprint density at radius 2 is 2.10 bits per heavy atom. The topological polar surface area (TPSA) is 109 Å². The van der Waals surface area contributed by atoms with Crippen molar-refractivity contribution in [1.29, 1.82) is 5.26 Å². The van der Waals surface area contributed by atoms with Crippen LogP contribution in [0.1, 0.15) is 11.1 Å². The van der Waals surface area contributed by atoms with E-state index in [-0.39, 0.29) is 23.7 Å². The molecule has 7 heteroatoms. The highest BCUT2D eigenvalue weighted by Gasteiger charge is 2.13. The summed E-state index contributed by atoms with van der Waals surface area (Å²) in [5.74, 6) is 0.412. The molecule has 1 aromatic heterocycles. The summed E-state index contributed by atoms with van der Waals surface area (Å²) in [4.78, 5) is 13.7. The fourth-order valence-electron chi connectivity index (χ4n) is 1.48. The van der Waals surface area contributed by atoms with Gasteiger partial charge in [0.2, 0.25) is 5.88 Å². The zero-order valence-electron chi connectivity index (χ0n) is 10.2. The van der Waals surface area contributed by atoms with E-state index in [0.29, 0.717) is 5.75 Å². The molecule has 2 aromatic rings. The van der Waals surface area contributed by atoms with Crippen molar-refractivity contribution in [2.75, 3.05) is 0 Å². The van der Waals surface area contributed by atoms with E-state index < -0.39 is 4.92 Å². The van der Waals surface area contributed by atoms with E-state index in [1.165, 1.54) is 0 Å². The highest BCUT2D eigenvalue weighted by molar-refractivity contribution is 5.46. The van der Waals surface area contributed by atoms with Crippen LogP contribution in [0.2, 0.25) is 0 Å². The summed E-state index contributed by atoms with van der Waals surface area (Å²) in [5.41, 5.74) is 0.421. The molecule has 0 amide bonds. The van der Waals surface area contributed by atoms with Gasteiger partial charge in [-0.2, -0.15) is 5.26 Å². The van der Waals surface area contributed by atoms with Crippen molar-refractivity contribution in [2.24, 2.45) is 0 Å². The average Bonchev–Trinajstić information content (AvgIpc) is 2.48. The molecular weight excluding hydrogens is 262 g/mol. The van der Waals surface area contributed by atoms with E-state index in [1.807, 2.05) is 0 Å². The van der Waals surface area contributed by atoms with Crippen LogP contribution in [0.15, 0.2) is 36.5 Å². The van der Waals surface area contributed by atoms with Gasteiger partial charge < -0.3 is 9.84 Å². The normalized spacial score (nSPS) is 9.80. The van der Waals surface area contributed by atoms with Gasteiger partial charge in [-0.25, -0.2) is 4.98 Å². The summed E-state index contributed by atoms with van der Waals surface area (Å²) < 4.78 is 5.40. The van der Waals surface area contributed by atoms with Crippen LogP contribution in [-0.4, -0.2) is 15.0 Å². The third kappa shape index (κ3) is 2.88. The molecule has 0 spiro atoms. The monoisotopic (exact) mass is 271 g/mol. The van der Waals surface area contributed by atoms with Gasteiger partial charge in [-0.15, -0.1) is 0 Å². The van der Waals surface area contributed by atoms with Crippen molar-refractivity contribution in [3.63, 3.8) is 0 Å². The summed E-state index contributed by atoms with van der Waals surface area (Å²) in [6.45, 7) is -0.0838. The average molecular weight is 271 g/mol. The Labute approximate surface area is 113 Å². The van der Waals surface area contributed by atoms with Gasteiger partial charge in [0, 0.05) is 6.07 Å². The van der Waals surface area contributed by atoms with Crippen LogP contribution < -0.4 is 4.74 Å². The molecule has 0 radical (unpaired) electrons. The van der Waals surface area contributed by atoms with Gasteiger partial charge in [0.25, 0.3) is 5.69 Å². The minimum atomic E-state index is -0.631. The number of pyridine rings is 1. The van der Waals surface area contributed by atoms with Crippen molar-refractivity contribution in [3.8, 4) is 17.7 Å². The van der Waals surface area contributed by atoms with Crippen molar-refractivity contribution >= 4 is 5.69 Å². The number of nitriles is 1. The predicted octanol–water partition coefficient (Wildman–Crippen LogP) is 2.15. The van der Waals surface area contributed by atoms with Crippen LogP contribution in [0.3, 0.4) is 0 Å². The SMILES string of the molecule is N#Cc1cc([N+](=O)[O-])cnc1Oc1ccc(CO)cc1. The molecule has 7 nitrogen and oxygen atoms in total. The molecule has 100 valence electrons. The second kappa shape index (κ2) is 5.77. The molecule has 0 saturated heterocycles. The number of aliphatic hydroxyl groups excluding tert-OH is 1. The molecule has 0 saturated carbocycles. The number of ether oxygens (including phenoxy) is 1. The van der Waals surface area contributed by atoms with Crippen molar-refractivity contribution in [2.45, 2.75) is 6.61 Å². The molecule has 0 aliphatic heterocycles. The lowest BCUT2D eigenvalue weighted by Crippen LogP contribution is -1.95. The first kappa shape index (κ1) is 13.5. The van der Waals surface area contributed by atoms with Gasteiger partial charge >= 0.3 is 0 Å². The molecular formula is C13H9N3O4. The summed E-state index contributed by atoms with van der Waals surface area (Å²) in [6, 6.07) is 9.44. The smallest absolute Gasteiger partial charge is 0.289 e. The number of nitrogens with zero attached hydrogens (tertiary/aromatic N) is 3. The maximum absolute atomic E-state index is 10.6. The lowest BCUT2D eigenvalue weighted by atomic mass is 10.2. The highest BCUT2D eigenvalue weighted by Crippen LogP contribution is 2.25. The zero-order chi connectivity index (χ0) is 14.5. The van der Waals surface area contributed by atoms with E-state index in [9.17, 15) is 10.1 Å². The summed E-state index contributed by atoms with van der Waals surface area (Å²) in [5, 5.41) is 28.5. The molecule has 2 rings (SSSR count). The quantitative estimate of drug-likeness (QED) is 0.673. The fourth-order valence-corrected chi connectivity index (χ4v) is 1.48. The van der Waals surface area contributed by atoms with Crippen molar-refractivity contribution < 1.29 is 14.8 Å². The van der Waals surface area contributed by atoms with E-state index in [4.69, 9.17) is 15.1 Å². The molecule has 0 aliphatic carbocycles. The standard InChI is InChI=1S/C13H9N3O4/c14-6-10-5-11(16(18)19)7-15-13(10)20-12-3-1-9(8-17)2-4-12/h1-5,7,17H,8H2. The van der Waals surface area contributed by atoms with Gasteiger partial charge in [0.15, 0.2) is 0 Å². The Balaban J connectivity index is 2.28. The maximum Gasteiger partial charge on any atom is 0.289 e. The fraction of sp³-hybridized carbons (Fsp3) is 0.0769. The second-order valence-corrected chi connectivity index (χ2v) is 3.82. The number of hydrogen-bond acceptors (Lipinski definition) is 6. The lowest BCUT2D eigenvalue weighted by Gasteiger charge is -2.06. The molecule has 20 heavy (non-hydrogen) atoms. The zero-order valence-corrected chi connectivity index (χ0v) is 10.2. The molecule has 0 fully saturated rings. The molecule has 1 N–H and O–H groups in total. The number of rotatable bonds is 4. The molecule has 0 bridgehead atoms. The number of hydrogen-bond donors (Lipinski definition) is 1. The Hall–Kier alpha value is -2.98. The van der Waals surface area contributed by atoms with Crippen LogP contribution in [0.25, 0.3) is 0 Å². The van der Waals surface area contributed by atoms with Gasteiger partial charge in [0.1, 0.15) is 23.6 Å². The molecule has 0 aliphatic rings. The Kier molecular flexibility index (Phi) is 3.88. The van der Waals surface area contributed by atoms with Gasteiger partial charge in [0.05, 0.1) is 11.5 Å².